The Morgan fingerprint density at radius 2 is 1.65 bits per heavy atom. The molecule has 192 valence electrons. The van der Waals surface area contributed by atoms with Gasteiger partial charge < -0.3 is 20.3 Å². The van der Waals surface area contributed by atoms with E-state index in [4.69, 9.17) is 16.3 Å². The molecule has 0 bridgehead atoms. The summed E-state index contributed by atoms with van der Waals surface area (Å²) < 4.78 is 5.64. The maximum absolute atomic E-state index is 12.6. The average molecular weight is 520 g/mol. The third-order valence-corrected chi connectivity index (χ3v) is 6.59. The van der Waals surface area contributed by atoms with E-state index in [2.05, 4.69) is 10.6 Å². The van der Waals surface area contributed by atoms with Gasteiger partial charge in [-0.15, -0.1) is 0 Å². The first-order valence-corrected chi connectivity index (χ1v) is 12.5. The smallest absolute Gasteiger partial charge is 0.262 e. The van der Waals surface area contributed by atoms with Crippen molar-refractivity contribution in [3.63, 3.8) is 0 Å². The standard InChI is InChI=1S/C29H30ClN3O4/c1-18-12-19(2)28(20(3)13-18)32-26(34)17-37-25-10-8-24(9-11-25)33-16-22(14-27(33)35)29(36)31-15-21-4-6-23(30)7-5-21/h4-13,22H,14-17H2,1-3H3,(H,31,36)(H,32,34)/t22-/m0/s1. The molecule has 4 rings (SSSR count). The molecular weight excluding hydrogens is 490 g/mol. The lowest BCUT2D eigenvalue weighted by atomic mass is 10.1. The molecule has 1 aliphatic rings. The molecule has 3 amide bonds. The molecule has 1 heterocycles. The summed E-state index contributed by atoms with van der Waals surface area (Å²) >= 11 is 5.90. The minimum Gasteiger partial charge on any atom is -0.484 e. The first-order chi connectivity index (χ1) is 17.7. The fourth-order valence-corrected chi connectivity index (χ4v) is 4.62. The Morgan fingerprint density at radius 1 is 1.00 bits per heavy atom. The third kappa shape index (κ3) is 6.68. The van der Waals surface area contributed by atoms with Crippen LogP contribution in [0.3, 0.4) is 0 Å². The van der Waals surface area contributed by atoms with E-state index in [0.29, 0.717) is 29.5 Å². The summed E-state index contributed by atoms with van der Waals surface area (Å²) in [5.74, 6) is -0.422. The second kappa shape index (κ2) is 11.5. The minimum atomic E-state index is -0.423. The zero-order chi connectivity index (χ0) is 26.5. The number of nitrogens with one attached hydrogen (secondary N) is 2. The van der Waals surface area contributed by atoms with Crippen LogP contribution in [0.15, 0.2) is 60.7 Å². The highest BCUT2D eigenvalue weighted by atomic mass is 35.5. The Kier molecular flexibility index (Phi) is 8.14. The van der Waals surface area contributed by atoms with Crippen molar-refractivity contribution in [1.29, 1.82) is 0 Å². The quantitative estimate of drug-likeness (QED) is 0.440. The molecule has 8 heteroatoms. The molecule has 1 saturated heterocycles. The number of amides is 3. The summed E-state index contributed by atoms with van der Waals surface area (Å²) in [6.45, 7) is 6.49. The second-order valence-electron chi connectivity index (χ2n) is 9.35. The number of halogens is 1. The van der Waals surface area contributed by atoms with Crippen molar-refractivity contribution in [3.05, 3.63) is 87.9 Å². The van der Waals surface area contributed by atoms with Crippen LogP contribution in [0, 0.1) is 26.7 Å². The Hall–Kier alpha value is -3.84. The largest absolute Gasteiger partial charge is 0.484 e. The number of hydrogen-bond donors (Lipinski definition) is 2. The van der Waals surface area contributed by atoms with E-state index < -0.39 is 5.92 Å². The zero-order valence-electron chi connectivity index (χ0n) is 21.1. The predicted molar refractivity (Wildman–Crippen MR) is 145 cm³/mol. The van der Waals surface area contributed by atoms with E-state index in [0.717, 1.165) is 27.9 Å². The van der Waals surface area contributed by atoms with Crippen LogP contribution in [0.25, 0.3) is 0 Å². The molecule has 0 aromatic heterocycles. The Bertz CT molecular complexity index is 1280. The number of carbonyl (C=O) groups is 3. The van der Waals surface area contributed by atoms with E-state index in [-0.39, 0.29) is 30.7 Å². The van der Waals surface area contributed by atoms with Gasteiger partial charge in [-0.3, -0.25) is 14.4 Å². The van der Waals surface area contributed by atoms with Crippen molar-refractivity contribution in [2.75, 3.05) is 23.4 Å². The molecule has 1 fully saturated rings. The average Bonchev–Trinajstić information content (AvgIpc) is 3.26. The lowest BCUT2D eigenvalue weighted by molar-refractivity contribution is -0.126. The second-order valence-corrected chi connectivity index (χ2v) is 9.79. The monoisotopic (exact) mass is 519 g/mol. The molecule has 3 aromatic rings. The minimum absolute atomic E-state index is 0.108. The maximum Gasteiger partial charge on any atom is 0.262 e. The van der Waals surface area contributed by atoms with Gasteiger partial charge in [0.2, 0.25) is 11.8 Å². The van der Waals surface area contributed by atoms with Crippen molar-refractivity contribution in [2.45, 2.75) is 33.7 Å². The first-order valence-electron chi connectivity index (χ1n) is 12.1. The lowest BCUT2D eigenvalue weighted by Crippen LogP contribution is -2.32. The number of hydrogen-bond acceptors (Lipinski definition) is 4. The number of ether oxygens (including phenoxy) is 1. The van der Waals surface area contributed by atoms with Gasteiger partial charge in [-0.2, -0.15) is 0 Å². The molecule has 0 unspecified atom stereocenters. The van der Waals surface area contributed by atoms with Gasteiger partial charge in [-0.1, -0.05) is 41.4 Å². The van der Waals surface area contributed by atoms with Crippen LogP contribution in [-0.4, -0.2) is 30.9 Å². The van der Waals surface area contributed by atoms with E-state index in [1.165, 1.54) is 0 Å². The van der Waals surface area contributed by atoms with Crippen LogP contribution in [0.2, 0.25) is 5.02 Å². The van der Waals surface area contributed by atoms with Crippen LogP contribution in [-0.2, 0) is 20.9 Å². The lowest BCUT2D eigenvalue weighted by Gasteiger charge is -2.17. The number of nitrogens with zero attached hydrogens (tertiary/aromatic N) is 1. The van der Waals surface area contributed by atoms with Crippen molar-refractivity contribution in [3.8, 4) is 5.75 Å². The summed E-state index contributed by atoms with van der Waals surface area (Å²) in [5, 5.41) is 6.45. The van der Waals surface area contributed by atoms with Crippen LogP contribution in [0.4, 0.5) is 11.4 Å². The van der Waals surface area contributed by atoms with Crippen molar-refractivity contribution >= 4 is 40.7 Å². The Morgan fingerprint density at radius 3 is 2.30 bits per heavy atom. The molecule has 0 spiro atoms. The molecule has 0 radical (unpaired) electrons. The summed E-state index contributed by atoms with van der Waals surface area (Å²) in [5.41, 5.74) is 5.57. The summed E-state index contributed by atoms with van der Waals surface area (Å²) in [4.78, 5) is 39.2. The number of benzene rings is 3. The fourth-order valence-electron chi connectivity index (χ4n) is 4.49. The van der Waals surface area contributed by atoms with Crippen LogP contribution in [0.1, 0.15) is 28.7 Å². The van der Waals surface area contributed by atoms with Gasteiger partial charge in [-0.05, 0) is 73.9 Å². The summed E-state index contributed by atoms with van der Waals surface area (Å²) in [6, 6.07) is 18.2. The summed E-state index contributed by atoms with van der Waals surface area (Å²) in [7, 11) is 0. The van der Waals surface area contributed by atoms with Crippen molar-refractivity contribution in [2.24, 2.45) is 5.92 Å². The molecule has 3 aromatic carbocycles. The van der Waals surface area contributed by atoms with E-state index in [1.54, 1.807) is 41.3 Å². The highest BCUT2D eigenvalue weighted by molar-refractivity contribution is 6.30. The predicted octanol–water partition coefficient (Wildman–Crippen LogP) is 4.95. The first kappa shape index (κ1) is 26.2. The molecule has 2 N–H and O–H groups in total. The summed E-state index contributed by atoms with van der Waals surface area (Å²) in [6.07, 6.45) is 0.155. The molecule has 7 nitrogen and oxygen atoms in total. The van der Waals surface area contributed by atoms with Gasteiger partial charge >= 0.3 is 0 Å². The van der Waals surface area contributed by atoms with E-state index in [1.807, 2.05) is 45.0 Å². The van der Waals surface area contributed by atoms with E-state index >= 15 is 0 Å². The van der Waals surface area contributed by atoms with Gasteiger partial charge in [0, 0.05) is 35.9 Å². The van der Waals surface area contributed by atoms with Crippen LogP contribution < -0.4 is 20.3 Å². The van der Waals surface area contributed by atoms with E-state index in [9.17, 15) is 14.4 Å². The van der Waals surface area contributed by atoms with Gasteiger partial charge in [-0.25, -0.2) is 0 Å². The number of anilines is 2. The van der Waals surface area contributed by atoms with Crippen LogP contribution in [0.5, 0.6) is 5.75 Å². The molecule has 0 saturated carbocycles. The van der Waals surface area contributed by atoms with Crippen LogP contribution >= 0.6 is 11.6 Å². The van der Waals surface area contributed by atoms with Gasteiger partial charge in [0.05, 0.1) is 5.92 Å². The maximum atomic E-state index is 12.6. The third-order valence-electron chi connectivity index (χ3n) is 6.34. The molecule has 0 aliphatic carbocycles. The Balaban J connectivity index is 1.28. The topological polar surface area (TPSA) is 87.7 Å². The fraction of sp³-hybridized carbons (Fsp3) is 0.276. The van der Waals surface area contributed by atoms with Gasteiger partial charge in [0.1, 0.15) is 5.75 Å². The highest BCUT2D eigenvalue weighted by Gasteiger charge is 2.35. The van der Waals surface area contributed by atoms with Gasteiger partial charge in [0.25, 0.3) is 5.91 Å². The molecule has 1 atom stereocenters. The molecule has 37 heavy (non-hydrogen) atoms. The number of aryl methyl sites for hydroxylation is 3. The number of rotatable bonds is 8. The Labute approximate surface area is 221 Å². The molecule has 1 aliphatic heterocycles. The zero-order valence-corrected chi connectivity index (χ0v) is 21.9. The van der Waals surface area contributed by atoms with Gasteiger partial charge in [0.15, 0.2) is 6.61 Å². The number of carbonyl (C=O) groups excluding carboxylic acids is 3. The molecular formula is C29H30ClN3O4. The van der Waals surface area contributed by atoms with Crippen molar-refractivity contribution in [1.82, 2.24) is 5.32 Å². The van der Waals surface area contributed by atoms with Crippen molar-refractivity contribution < 1.29 is 19.1 Å². The SMILES string of the molecule is Cc1cc(C)c(NC(=O)COc2ccc(N3C[C@@H](C(=O)NCc4ccc(Cl)cc4)CC3=O)cc2)c(C)c1. The normalized spacial score (nSPS) is 15.0. The highest BCUT2D eigenvalue weighted by Crippen LogP contribution is 2.27.